The van der Waals surface area contributed by atoms with E-state index in [1.807, 2.05) is 60.7 Å². The molecule has 1 amide bonds. The minimum Gasteiger partial charge on any atom is -0.507 e. The van der Waals surface area contributed by atoms with E-state index < -0.39 is 23.8 Å². The number of fused-ring (bicyclic) bond motifs is 8. The molecule has 8 bridgehead atoms. The summed E-state index contributed by atoms with van der Waals surface area (Å²) in [5, 5.41) is 14.9. The number of benzene rings is 7. The van der Waals surface area contributed by atoms with Crippen LogP contribution in [0.4, 0.5) is 5.69 Å². The number of aromatic hydroxyl groups is 1. The number of carbonyl (C=O) groups excluding carboxylic acids is 4. The highest BCUT2D eigenvalue weighted by atomic mass is 16.5. The molecular weight excluding hydrogens is 767 g/mol. The summed E-state index contributed by atoms with van der Waals surface area (Å²) in [5.74, 6) is -1.38. The van der Waals surface area contributed by atoms with E-state index in [9.17, 15) is 24.3 Å². The fraction of sp³-hybridized carbons (Fsp3) is 0.0769. The van der Waals surface area contributed by atoms with E-state index in [1.165, 1.54) is 0 Å². The average molecular weight is 806 g/mol. The number of anilines is 1. The van der Waals surface area contributed by atoms with Crippen molar-refractivity contribution in [3.05, 3.63) is 232 Å². The molecule has 9 nitrogen and oxygen atoms in total. The van der Waals surface area contributed by atoms with Crippen LogP contribution in [0.5, 0.6) is 23.0 Å². The van der Waals surface area contributed by atoms with Crippen LogP contribution in [0.1, 0.15) is 75.6 Å². The Morgan fingerprint density at radius 1 is 0.443 bits per heavy atom. The molecule has 7 aromatic rings. The zero-order chi connectivity index (χ0) is 42.3. The van der Waals surface area contributed by atoms with Crippen molar-refractivity contribution in [2.75, 3.05) is 5.32 Å². The van der Waals surface area contributed by atoms with Crippen LogP contribution in [0, 0.1) is 0 Å². The van der Waals surface area contributed by atoms with Crippen LogP contribution < -0.4 is 19.5 Å². The molecule has 0 aliphatic heterocycles. The van der Waals surface area contributed by atoms with Gasteiger partial charge in [-0.3, -0.25) is 4.79 Å². The van der Waals surface area contributed by atoms with E-state index in [-0.39, 0.29) is 42.9 Å². The summed E-state index contributed by atoms with van der Waals surface area (Å²) in [5.41, 5.74) is 5.90. The van der Waals surface area contributed by atoms with Gasteiger partial charge in [-0.05, 0) is 88.0 Å². The maximum atomic E-state index is 13.8. The average Bonchev–Trinajstić information content (AvgIpc) is 3.28. The number of nitrogens with one attached hydrogen (secondary N) is 1. The smallest absolute Gasteiger partial charge is 0.343 e. The van der Waals surface area contributed by atoms with Crippen LogP contribution >= 0.6 is 0 Å². The molecule has 0 atom stereocenters. The number of carbonyl (C=O) groups is 4. The van der Waals surface area contributed by atoms with Crippen LogP contribution in [0.2, 0.25) is 0 Å². The SMILES string of the molecule is C=CC(=O)Nc1cc2c(O)c(c1)Cc1cccc(c1OC(=O)c1ccccc1)Cc1cccc(c1OC(=O)c1ccccc1)Cc1cccc(c1OC(=O)c1ccccc1)C2. The number of esters is 3. The zero-order valence-electron chi connectivity index (χ0n) is 32.9. The Bertz CT molecular complexity index is 2650. The van der Waals surface area contributed by atoms with Crippen molar-refractivity contribution in [2.45, 2.75) is 25.7 Å². The third-order valence-corrected chi connectivity index (χ3v) is 10.4. The third kappa shape index (κ3) is 9.01. The van der Waals surface area contributed by atoms with Crippen molar-refractivity contribution in [1.29, 1.82) is 0 Å². The molecule has 0 fully saturated rings. The number of amides is 1. The minimum atomic E-state index is -0.582. The fourth-order valence-electron chi connectivity index (χ4n) is 7.44. The van der Waals surface area contributed by atoms with Crippen molar-refractivity contribution in [1.82, 2.24) is 0 Å². The first-order chi connectivity index (χ1) is 29.7. The molecule has 0 spiro atoms. The topological polar surface area (TPSA) is 128 Å². The van der Waals surface area contributed by atoms with Gasteiger partial charge in [-0.2, -0.15) is 0 Å². The number of ether oxygens (including phenoxy) is 3. The molecule has 1 aliphatic rings. The van der Waals surface area contributed by atoms with Crippen molar-refractivity contribution in [3.8, 4) is 23.0 Å². The maximum absolute atomic E-state index is 13.8. The largest absolute Gasteiger partial charge is 0.507 e. The quantitative estimate of drug-likeness (QED) is 0.0673. The summed E-state index contributed by atoms with van der Waals surface area (Å²) in [4.78, 5) is 54.0. The lowest BCUT2D eigenvalue weighted by Gasteiger charge is -2.21. The minimum absolute atomic E-state index is 0.0551. The predicted octanol–water partition coefficient (Wildman–Crippen LogP) is 9.85. The molecule has 300 valence electrons. The van der Waals surface area contributed by atoms with Crippen molar-refractivity contribution < 1.29 is 38.5 Å². The molecule has 0 heterocycles. The Hall–Kier alpha value is -8.04. The first-order valence-corrected chi connectivity index (χ1v) is 19.7. The first kappa shape index (κ1) is 39.8. The molecule has 0 saturated heterocycles. The lowest BCUT2D eigenvalue weighted by molar-refractivity contribution is -0.111. The molecule has 0 radical (unpaired) electrons. The molecule has 61 heavy (non-hydrogen) atoms. The van der Waals surface area contributed by atoms with Gasteiger partial charge in [-0.25, -0.2) is 14.4 Å². The van der Waals surface area contributed by atoms with E-state index in [1.54, 1.807) is 97.1 Å². The van der Waals surface area contributed by atoms with Crippen LogP contribution in [-0.2, 0) is 30.5 Å². The molecule has 0 unspecified atom stereocenters. The lowest BCUT2D eigenvalue weighted by atomic mass is 9.91. The summed E-state index contributed by atoms with van der Waals surface area (Å²) in [6.07, 6.45) is 1.64. The number of hydrogen-bond donors (Lipinski definition) is 2. The number of hydrogen-bond acceptors (Lipinski definition) is 8. The van der Waals surface area contributed by atoms with Gasteiger partial charge in [0.2, 0.25) is 5.91 Å². The van der Waals surface area contributed by atoms with Gasteiger partial charge in [0.15, 0.2) is 0 Å². The molecule has 0 aromatic heterocycles. The predicted molar refractivity (Wildman–Crippen MR) is 232 cm³/mol. The molecular formula is C52H39NO8. The van der Waals surface area contributed by atoms with E-state index in [0.717, 1.165) is 6.08 Å². The molecule has 9 heteroatoms. The van der Waals surface area contributed by atoms with E-state index in [2.05, 4.69) is 11.9 Å². The molecule has 2 N–H and O–H groups in total. The molecule has 8 rings (SSSR count). The van der Waals surface area contributed by atoms with Gasteiger partial charge < -0.3 is 24.6 Å². The monoisotopic (exact) mass is 805 g/mol. The molecule has 0 saturated carbocycles. The highest BCUT2D eigenvalue weighted by molar-refractivity contribution is 5.99. The second-order valence-corrected chi connectivity index (χ2v) is 14.5. The zero-order valence-corrected chi connectivity index (χ0v) is 32.9. The fourth-order valence-corrected chi connectivity index (χ4v) is 7.44. The van der Waals surface area contributed by atoms with Crippen molar-refractivity contribution in [3.63, 3.8) is 0 Å². The summed E-state index contributed by atoms with van der Waals surface area (Å²) >= 11 is 0. The standard InChI is InChI=1S/C52H39NO8/c1-2-45(54)53-44-31-42-29-40-25-13-23-38(48(40)60-51(57)34-17-8-4-9-18-34)27-36-21-12-22-37(47(36)59-50(56)33-15-6-3-7-16-33)28-39-24-14-26-41(30-43(32-44)46(42)55)49(39)61-52(58)35-19-10-5-11-20-35/h2-26,31-32,55H,1,27-30H2,(H,53,54). The number of rotatable bonds is 8. The van der Waals surface area contributed by atoms with E-state index in [4.69, 9.17) is 14.2 Å². The van der Waals surface area contributed by atoms with E-state index in [0.29, 0.717) is 72.6 Å². The van der Waals surface area contributed by atoms with Gasteiger partial charge in [0.25, 0.3) is 0 Å². The highest BCUT2D eigenvalue weighted by Crippen LogP contribution is 2.40. The lowest BCUT2D eigenvalue weighted by Crippen LogP contribution is -2.15. The van der Waals surface area contributed by atoms with E-state index >= 15 is 0 Å². The van der Waals surface area contributed by atoms with Crippen molar-refractivity contribution in [2.24, 2.45) is 0 Å². The third-order valence-electron chi connectivity index (χ3n) is 10.4. The Morgan fingerprint density at radius 2 is 0.738 bits per heavy atom. The van der Waals surface area contributed by atoms with Gasteiger partial charge in [0.05, 0.1) is 16.7 Å². The Morgan fingerprint density at radius 3 is 1.03 bits per heavy atom. The Labute approximate surface area is 352 Å². The van der Waals surface area contributed by atoms with Gasteiger partial charge in [-0.15, -0.1) is 0 Å². The first-order valence-electron chi connectivity index (χ1n) is 19.7. The number of para-hydroxylation sites is 3. The van der Waals surface area contributed by atoms with Gasteiger partial charge in [-0.1, -0.05) is 116 Å². The Balaban J connectivity index is 1.34. The summed E-state index contributed by atoms with van der Waals surface area (Å²) in [6.45, 7) is 3.60. The molecule has 7 aromatic carbocycles. The van der Waals surface area contributed by atoms with Crippen LogP contribution in [0.25, 0.3) is 0 Å². The second-order valence-electron chi connectivity index (χ2n) is 14.5. The second kappa shape index (κ2) is 17.8. The van der Waals surface area contributed by atoms with Gasteiger partial charge >= 0.3 is 17.9 Å². The van der Waals surface area contributed by atoms with Gasteiger partial charge in [0, 0.05) is 42.5 Å². The normalized spacial score (nSPS) is 11.7. The highest BCUT2D eigenvalue weighted by Gasteiger charge is 2.25. The van der Waals surface area contributed by atoms with Gasteiger partial charge in [0.1, 0.15) is 23.0 Å². The number of phenolic OH excluding ortho intramolecular Hbond substituents is 1. The molecule has 1 aliphatic carbocycles. The summed E-state index contributed by atoms with van der Waals surface area (Å²) in [7, 11) is 0. The summed E-state index contributed by atoms with van der Waals surface area (Å²) in [6, 6.07) is 45.8. The Kier molecular flexibility index (Phi) is 11.6. The van der Waals surface area contributed by atoms with Crippen LogP contribution in [0.15, 0.2) is 170 Å². The number of phenols is 1. The maximum Gasteiger partial charge on any atom is 0.343 e. The van der Waals surface area contributed by atoms with Crippen LogP contribution in [-0.4, -0.2) is 28.9 Å². The van der Waals surface area contributed by atoms with Crippen LogP contribution in [0.3, 0.4) is 0 Å². The summed E-state index contributed by atoms with van der Waals surface area (Å²) < 4.78 is 18.8. The van der Waals surface area contributed by atoms with Crippen molar-refractivity contribution >= 4 is 29.5 Å².